The van der Waals surface area contributed by atoms with Crippen LogP contribution in [0.4, 0.5) is 0 Å². The fourth-order valence-corrected chi connectivity index (χ4v) is 3.72. The van der Waals surface area contributed by atoms with Crippen molar-refractivity contribution in [2.24, 2.45) is 0 Å². The second-order valence-corrected chi connectivity index (χ2v) is 7.58. The second-order valence-electron chi connectivity index (χ2n) is 7.58. The molecule has 1 saturated carbocycles. The maximum Gasteiger partial charge on any atom is 0.338 e. The highest BCUT2D eigenvalue weighted by molar-refractivity contribution is 5.89. The number of rotatable bonds is 5. The Balaban J connectivity index is 1.76. The lowest BCUT2D eigenvalue weighted by atomic mass is 9.84. The van der Waals surface area contributed by atoms with Crippen LogP contribution in [0.3, 0.4) is 0 Å². The number of ether oxygens (including phenoxy) is 3. The Hall–Kier alpha value is -2.40. The van der Waals surface area contributed by atoms with Gasteiger partial charge in [0.25, 0.3) is 0 Å². The maximum atomic E-state index is 12.4. The van der Waals surface area contributed by atoms with Gasteiger partial charge in [0, 0.05) is 18.1 Å². The van der Waals surface area contributed by atoms with Gasteiger partial charge in [-0.05, 0) is 12.1 Å². The molecule has 1 aliphatic heterocycles. The van der Waals surface area contributed by atoms with Gasteiger partial charge in [-0.15, -0.1) is 0 Å². The van der Waals surface area contributed by atoms with Gasteiger partial charge in [0.2, 0.25) is 0 Å². The van der Waals surface area contributed by atoms with E-state index in [9.17, 15) is 35.4 Å². The molecule has 1 aliphatic carbocycles. The van der Waals surface area contributed by atoms with E-state index in [1.165, 1.54) is 12.1 Å². The Labute approximate surface area is 183 Å². The number of carbonyl (C=O) groups is 1. The topological polar surface area (TPSA) is 190 Å². The minimum absolute atomic E-state index is 0.0411. The Bertz CT molecular complexity index is 854. The summed E-state index contributed by atoms with van der Waals surface area (Å²) in [6.45, 7) is -0.668. The second kappa shape index (κ2) is 10.5. The zero-order valence-electron chi connectivity index (χ0n) is 16.8. The van der Waals surface area contributed by atoms with Crippen molar-refractivity contribution in [2.45, 2.75) is 61.5 Å². The third kappa shape index (κ3) is 4.98. The van der Waals surface area contributed by atoms with E-state index in [2.05, 4.69) is 0 Å². The number of aliphatic hydroxyl groups is 6. The first kappa shape index (κ1) is 24.2. The number of esters is 1. The molecule has 2 aliphatic rings. The number of nitrogens with zero attached hydrogens (tertiary/aromatic N) is 1. The van der Waals surface area contributed by atoms with Crippen LogP contribution >= 0.6 is 0 Å². The lowest BCUT2D eigenvalue weighted by Gasteiger charge is -2.43. The molecule has 0 unspecified atom stereocenters. The maximum absolute atomic E-state index is 12.4. The zero-order valence-corrected chi connectivity index (χ0v) is 16.8. The molecular formula is C21H25NO10. The van der Waals surface area contributed by atoms with E-state index in [0.29, 0.717) is 0 Å². The smallest absolute Gasteiger partial charge is 0.338 e. The van der Waals surface area contributed by atoms with Crippen LogP contribution < -0.4 is 0 Å². The van der Waals surface area contributed by atoms with Crippen LogP contribution in [0.2, 0.25) is 0 Å². The predicted molar refractivity (Wildman–Crippen MR) is 105 cm³/mol. The van der Waals surface area contributed by atoms with Crippen LogP contribution in [-0.2, 0) is 14.2 Å². The predicted octanol–water partition coefficient (Wildman–Crippen LogP) is -2.03. The first-order valence-electron chi connectivity index (χ1n) is 9.96. The van der Waals surface area contributed by atoms with E-state index in [4.69, 9.17) is 19.5 Å². The summed E-state index contributed by atoms with van der Waals surface area (Å²) < 4.78 is 16.2. The SMILES string of the molecule is N#CC=C1[C@@H](O[C@@H]2O[C@H](CO)[C@@H](O)[C@H](O)[C@H]2O)C[C@@H](O)[C@H](OC(=O)c2ccccc2)[C@H]1O. The van der Waals surface area contributed by atoms with Crippen molar-refractivity contribution in [1.82, 2.24) is 0 Å². The first-order valence-corrected chi connectivity index (χ1v) is 9.96. The molecular weight excluding hydrogens is 426 g/mol. The molecule has 2 fully saturated rings. The third-order valence-corrected chi connectivity index (χ3v) is 5.49. The highest BCUT2D eigenvalue weighted by atomic mass is 16.7. The number of allylic oxidation sites excluding steroid dienone is 1. The molecule has 1 aromatic rings. The number of nitriles is 1. The lowest BCUT2D eigenvalue weighted by molar-refractivity contribution is -0.312. The summed E-state index contributed by atoms with van der Waals surface area (Å²) in [6, 6.07) is 9.69. The van der Waals surface area contributed by atoms with E-state index in [-0.39, 0.29) is 17.6 Å². The summed E-state index contributed by atoms with van der Waals surface area (Å²) in [6.07, 6.45) is -12.6. The Morgan fingerprint density at radius 1 is 1.12 bits per heavy atom. The molecule has 0 radical (unpaired) electrons. The van der Waals surface area contributed by atoms with E-state index in [0.717, 1.165) is 6.08 Å². The van der Waals surface area contributed by atoms with Crippen molar-refractivity contribution in [3.8, 4) is 6.07 Å². The molecule has 0 amide bonds. The summed E-state index contributed by atoms with van der Waals surface area (Å²) >= 11 is 0. The van der Waals surface area contributed by atoms with Crippen LogP contribution in [0, 0.1) is 11.3 Å². The van der Waals surface area contributed by atoms with Gasteiger partial charge in [0.05, 0.1) is 30.4 Å². The molecule has 3 rings (SSSR count). The van der Waals surface area contributed by atoms with Gasteiger partial charge in [0.15, 0.2) is 12.4 Å². The normalized spacial score (nSPS) is 38.8. The molecule has 9 atom stereocenters. The Kier molecular flexibility index (Phi) is 7.94. The van der Waals surface area contributed by atoms with Gasteiger partial charge >= 0.3 is 5.97 Å². The zero-order chi connectivity index (χ0) is 23.4. The molecule has 174 valence electrons. The van der Waals surface area contributed by atoms with Crippen LogP contribution in [0.1, 0.15) is 16.8 Å². The molecule has 1 saturated heterocycles. The number of benzene rings is 1. The van der Waals surface area contributed by atoms with Crippen LogP contribution in [0.5, 0.6) is 0 Å². The Morgan fingerprint density at radius 3 is 2.44 bits per heavy atom. The fraction of sp³-hybridized carbons (Fsp3) is 0.524. The minimum Gasteiger partial charge on any atom is -0.453 e. The average molecular weight is 451 g/mol. The van der Waals surface area contributed by atoms with Crippen molar-refractivity contribution in [1.29, 1.82) is 5.26 Å². The van der Waals surface area contributed by atoms with Gasteiger partial charge in [0.1, 0.15) is 30.5 Å². The Morgan fingerprint density at radius 2 is 1.81 bits per heavy atom. The molecule has 32 heavy (non-hydrogen) atoms. The summed E-state index contributed by atoms with van der Waals surface area (Å²) in [5.41, 5.74) is 0.165. The largest absolute Gasteiger partial charge is 0.453 e. The number of carbonyl (C=O) groups excluding carboxylic acids is 1. The van der Waals surface area contributed by atoms with Crippen molar-refractivity contribution < 1.29 is 49.6 Å². The van der Waals surface area contributed by atoms with Crippen molar-refractivity contribution in [2.75, 3.05) is 6.61 Å². The standard InChI is InChI=1S/C21H25NO10/c22-7-6-11-13(30-21-18(28)17(27)16(26)14(9-23)31-21)8-12(24)19(15(11)25)32-20(29)10-4-2-1-3-5-10/h1-6,12-19,21,23-28H,8-9H2/t12-,13+,14-,15+,16-,17+,18-,19+,21-/m1/s1. The van der Waals surface area contributed by atoms with Gasteiger partial charge in [-0.1, -0.05) is 18.2 Å². The highest BCUT2D eigenvalue weighted by Crippen LogP contribution is 2.33. The minimum atomic E-state index is -1.71. The molecule has 6 N–H and O–H groups in total. The molecule has 0 aromatic heterocycles. The van der Waals surface area contributed by atoms with Crippen LogP contribution in [0.15, 0.2) is 42.0 Å². The van der Waals surface area contributed by atoms with Crippen molar-refractivity contribution >= 4 is 5.97 Å². The van der Waals surface area contributed by atoms with Crippen LogP contribution in [0.25, 0.3) is 0 Å². The summed E-state index contributed by atoms with van der Waals surface area (Å²) in [5, 5.41) is 69.7. The molecule has 1 aromatic carbocycles. The fourth-order valence-electron chi connectivity index (χ4n) is 3.72. The quantitative estimate of drug-likeness (QED) is 0.214. The highest BCUT2D eigenvalue weighted by Gasteiger charge is 2.48. The van der Waals surface area contributed by atoms with Gasteiger partial charge in [-0.3, -0.25) is 0 Å². The lowest BCUT2D eigenvalue weighted by Crippen LogP contribution is -2.60. The third-order valence-electron chi connectivity index (χ3n) is 5.49. The first-order chi connectivity index (χ1) is 15.3. The average Bonchev–Trinajstić information content (AvgIpc) is 2.79. The number of aliphatic hydroxyl groups excluding tert-OH is 6. The molecule has 0 spiro atoms. The van der Waals surface area contributed by atoms with E-state index < -0.39 is 67.7 Å². The molecule has 11 heteroatoms. The van der Waals surface area contributed by atoms with Crippen LogP contribution in [-0.4, -0.2) is 98.3 Å². The summed E-state index contributed by atoms with van der Waals surface area (Å²) in [7, 11) is 0. The monoisotopic (exact) mass is 451 g/mol. The van der Waals surface area contributed by atoms with Gasteiger partial charge in [-0.2, -0.15) is 5.26 Å². The molecule has 1 heterocycles. The summed E-state index contributed by atoms with van der Waals surface area (Å²) in [4.78, 5) is 12.4. The van der Waals surface area contributed by atoms with Gasteiger partial charge in [-0.25, -0.2) is 4.79 Å². The van der Waals surface area contributed by atoms with E-state index in [1.54, 1.807) is 24.3 Å². The molecule has 11 nitrogen and oxygen atoms in total. The van der Waals surface area contributed by atoms with Gasteiger partial charge < -0.3 is 44.8 Å². The van der Waals surface area contributed by atoms with E-state index >= 15 is 0 Å². The number of hydrogen-bond acceptors (Lipinski definition) is 11. The van der Waals surface area contributed by atoms with Crippen molar-refractivity contribution in [3.05, 3.63) is 47.5 Å². The molecule has 0 bridgehead atoms. The van der Waals surface area contributed by atoms with E-state index in [1.807, 2.05) is 0 Å². The number of hydrogen-bond donors (Lipinski definition) is 6. The van der Waals surface area contributed by atoms with Crippen molar-refractivity contribution in [3.63, 3.8) is 0 Å². The summed E-state index contributed by atoms with van der Waals surface area (Å²) in [5.74, 6) is -0.779.